The van der Waals surface area contributed by atoms with Crippen molar-refractivity contribution in [3.8, 4) is 11.5 Å². The molecule has 0 fully saturated rings. The lowest BCUT2D eigenvalue weighted by atomic mass is 10.2. The normalized spacial score (nSPS) is 11.2. The Bertz CT molecular complexity index is 804. The summed E-state index contributed by atoms with van der Waals surface area (Å²) in [6.07, 6.45) is 2.08. The highest BCUT2D eigenvalue weighted by molar-refractivity contribution is 9.10. The summed E-state index contributed by atoms with van der Waals surface area (Å²) in [5.74, 6) is 1.15. The lowest BCUT2D eigenvalue weighted by Gasteiger charge is -2.14. The Labute approximate surface area is 154 Å². The first kappa shape index (κ1) is 17.2. The molecule has 124 valence electrons. The van der Waals surface area contributed by atoms with Crippen LogP contribution in [0.3, 0.4) is 0 Å². The largest absolute Gasteiger partial charge is 0.419 e. The number of benzene rings is 2. The number of rotatable bonds is 6. The molecule has 1 heterocycles. The third-order valence-corrected chi connectivity index (χ3v) is 5.02. The quantitative estimate of drug-likeness (QED) is 0.550. The molecule has 1 aromatic heterocycles. The minimum absolute atomic E-state index is 0.537. The van der Waals surface area contributed by atoms with E-state index in [1.54, 1.807) is 11.8 Å². The molecule has 0 aliphatic carbocycles. The van der Waals surface area contributed by atoms with E-state index in [9.17, 15) is 0 Å². The maximum atomic E-state index is 5.80. The second-order valence-electron chi connectivity index (χ2n) is 5.50. The monoisotopic (exact) mass is 403 g/mol. The number of thioether (sulfide) groups is 1. The molecule has 0 N–H and O–H groups in total. The van der Waals surface area contributed by atoms with Crippen LogP contribution in [0.1, 0.15) is 11.5 Å². The van der Waals surface area contributed by atoms with Gasteiger partial charge in [0.2, 0.25) is 11.8 Å². The van der Waals surface area contributed by atoms with Gasteiger partial charge in [-0.25, -0.2) is 0 Å². The number of nitrogens with zero attached hydrogens (tertiary/aromatic N) is 3. The summed E-state index contributed by atoms with van der Waals surface area (Å²) >= 11 is 5.26. The SMILES string of the molecule is CSc1ccc(CN(C)Cc2nnc(-c3ccccc3Br)o2)cc1. The Morgan fingerprint density at radius 1 is 1.04 bits per heavy atom. The van der Waals surface area contributed by atoms with E-state index in [1.807, 2.05) is 31.3 Å². The van der Waals surface area contributed by atoms with Gasteiger partial charge in [-0.15, -0.1) is 22.0 Å². The van der Waals surface area contributed by atoms with E-state index in [0.29, 0.717) is 18.3 Å². The predicted molar refractivity (Wildman–Crippen MR) is 101 cm³/mol. The summed E-state index contributed by atoms with van der Waals surface area (Å²) in [7, 11) is 2.05. The molecule has 0 aliphatic rings. The van der Waals surface area contributed by atoms with Crippen LogP contribution in [0.4, 0.5) is 0 Å². The smallest absolute Gasteiger partial charge is 0.248 e. The molecule has 0 saturated carbocycles. The van der Waals surface area contributed by atoms with Gasteiger partial charge < -0.3 is 4.42 Å². The van der Waals surface area contributed by atoms with Gasteiger partial charge in [0.25, 0.3) is 0 Å². The van der Waals surface area contributed by atoms with E-state index >= 15 is 0 Å². The van der Waals surface area contributed by atoms with Crippen LogP contribution < -0.4 is 0 Å². The number of halogens is 1. The third kappa shape index (κ3) is 4.26. The first-order valence-electron chi connectivity index (χ1n) is 7.54. The summed E-state index contributed by atoms with van der Waals surface area (Å²) in [6, 6.07) is 16.4. The molecule has 0 atom stereocenters. The van der Waals surface area contributed by atoms with Gasteiger partial charge in [0.15, 0.2) is 0 Å². The molecular weight excluding hydrogens is 386 g/mol. The molecule has 3 aromatic rings. The summed E-state index contributed by atoms with van der Waals surface area (Å²) < 4.78 is 6.74. The van der Waals surface area contributed by atoms with Crippen molar-refractivity contribution in [2.45, 2.75) is 18.0 Å². The standard InChI is InChI=1S/C18H18BrN3OS/c1-22(11-13-7-9-14(24-2)10-8-13)12-17-20-21-18(23-17)15-5-3-4-6-16(15)19/h3-10H,11-12H2,1-2H3. The van der Waals surface area contributed by atoms with Crippen molar-refractivity contribution in [1.82, 2.24) is 15.1 Å². The first-order valence-corrected chi connectivity index (χ1v) is 9.56. The summed E-state index contributed by atoms with van der Waals surface area (Å²) in [5.41, 5.74) is 2.17. The van der Waals surface area contributed by atoms with Gasteiger partial charge in [0.05, 0.1) is 12.1 Å². The van der Waals surface area contributed by atoms with Gasteiger partial charge in [0.1, 0.15) is 0 Å². The van der Waals surface area contributed by atoms with Crippen molar-refractivity contribution in [1.29, 1.82) is 0 Å². The van der Waals surface area contributed by atoms with Crippen molar-refractivity contribution in [3.05, 3.63) is 64.5 Å². The Hall–Kier alpha value is -1.63. The minimum Gasteiger partial charge on any atom is -0.419 e. The van der Waals surface area contributed by atoms with Crippen LogP contribution in [-0.2, 0) is 13.1 Å². The van der Waals surface area contributed by atoms with Gasteiger partial charge in [0, 0.05) is 15.9 Å². The van der Waals surface area contributed by atoms with Crippen molar-refractivity contribution in [2.24, 2.45) is 0 Å². The van der Waals surface area contributed by atoms with E-state index in [0.717, 1.165) is 16.6 Å². The van der Waals surface area contributed by atoms with Crippen LogP contribution in [0.25, 0.3) is 11.5 Å². The first-order chi connectivity index (χ1) is 11.7. The minimum atomic E-state index is 0.537. The molecule has 2 aromatic carbocycles. The maximum Gasteiger partial charge on any atom is 0.248 e. The van der Waals surface area contributed by atoms with Crippen molar-refractivity contribution >= 4 is 27.7 Å². The van der Waals surface area contributed by atoms with Crippen LogP contribution in [0.2, 0.25) is 0 Å². The molecule has 6 heteroatoms. The molecular formula is C18H18BrN3OS. The van der Waals surface area contributed by atoms with E-state index < -0.39 is 0 Å². The zero-order chi connectivity index (χ0) is 16.9. The Balaban J connectivity index is 1.64. The molecule has 0 amide bonds. The fraction of sp³-hybridized carbons (Fsp3) is 0.222. The zero-order valence-electron chi connectivity index (χ0n) is 13.6. The molecule has 24 heavy (non-hydrogen) atoms. The topological polar surface area (TPSA) is 42.2 Å². The average molecular weight is 404 g/mol. The van der Waals surface area contributed by atoms with Gasteiger partial charge in [-0.1, -0.05) is 24.3 Å². The molecule has 0 radical (unpaired) electrons. The fourth-order valence-corrected chi connectivity index (χ4v) is 3.25. The van der Waals surface area contributed by atoms with Gasteiger partial charge in [-0.3, -0.25) is 4.90 Å². The van der Waals surface area contributed by atoms with Gasteiger partial charge in [-0.2, -0.15) is 0 Å². The second-order valence-corrected chi connectivity index (χ2v) is 7.24. The van der Waals surface area contributed by atoms with Crippen molar-refractivity contribution < 1.29 is 4.42 Å². The van der Waals surface area contributed by atoms with Crippen LogP contribution in [0, 0.1) is 0 Å². The van der Waals surface area contributed by atoms with Gasteiger partial charge in [-0.05, 0) is 59.1 Å². The van der Waals surface area contributed by atoms with E-state index in [4.69, 9.17) is 4.42 Å². The molecule has 0 unspecified atom stereocenters. The number of hydrogen-bond donors (Lipinski definition) is 0. The van der Waals surface area contributed by atoms with Gasteiger partial charge >= 0.3 is 0 Å². The van der Waals surface area contributed by atoms with E-state index in [2.05, 4.69) is 61.5 Å². The van der Waals surface area contributed by atoms with Crippen molar-refractivity contribution in [2.75, 3.05) is 13.3 Å². The molecule has 0 spiro atoms. The number of aromatic nitrogens is 2. The molecule has 0 bridgehead atoms. The van der Waals surface area contributed by atoms with Crippen LogP contribution >= 0.6 is 27.7 Å². The highest BCUT2D eigenvalue weighted by Crippen LogP contribution is 2.26. The Kier molecular flexibility index (Phi) is 5.71. The second kappa shape index (κ2) is 7.96. The zero-order valence-corrected chi connectivity index (χ0v) is 16.0. The maximum absolute atomic E-state index is 5.80. The summed E-state index contributed by atoms with van der Waals surface area (Å²) in [6.45, 7) is 1.45. The molecule has 0 aliphatic heterocycles. The summed E-state index contributed by atoms with van der Waals surface area (Å²) in [5, 5.41) is 8.31. The van der Waals surface area contributed by atoms with Crippen LogP contribution in [-0.4, -0.2) is 28.4 Å². The Morgan fingerprint density at radius 2 is 1.79 bits per heavy atom. The fourth-order valence-electron chi connectivity index (χ4n) is 2.39. The predicted octanol–water partition coefficient (Wildman–Crippen LogP) is 4.85. The van der Waals surface area contributed by atoms with E-state index in [1.165, 1.54) is 10.5 Å². The molecule has 0 saturated heterocycles. The van der Waals surface area contributed by atoms with E-state index in [-0.39, 0.29) is 0 Å². The Morgan fingerprint density at radius 3 is 2.50 bits per heavy atom. The van der Waals surface area contributed by atoms with Crippen molar-refractivity contribution in [3.63, 3.8) is 0 Å². The third-order valence-electron chi connectivity index (χ3n) is 3.59. The lowest BCUT2D eigenvalue weighted by Crippen LogP contribution is -2.17. The highest BCUT2D eigenvalue weighted by atomic mass is 79.9. The highest BCUT2D eigenvalue weighted by Gasteiger charge is 2.12. The average Bonchev–Trinajstić information content (AvgIpc) is 3.04. The molecule has 3 rings (SSSR count). The van der Waals surface area contributed by atoms with Crippen LogP contribution in [0.15, 0.2) is 62.3 Å². The summed E-state index contributed by atoms with van der Waals surface area (Å²) in [4.78, 5) is 3.43. The molecule has 4 nitrogen and oxygen atoms in total. The number of hydrogen-bond acceptors (Lipinski definition) is 5. The van der Waals surface area contributed by atoms with Crippen LogP contribution in [0.5, 0.6) is 0 Å². The lowest BCUT2D eigenvalue weighted by molar-refractivity contribution is 0.283.